The fraction of sp³-hybridized carbons (Fsp3) is 0.154. The molecule has 5 heteroatoms. The molecule has 0 saturated heterocycles. The number of nitrogens with zero attached hydrogens (tertiary/aromatic N) is 1. The molecule has 3 aromatic rings. The van der Waals surface area contributed by atoms with Gasteiger partial charge in [-0.05, 0) is 41.9 Å². The lowest BCUT2D eigenvalue weighted by molar-refractivity contribution is 0.921. The van der Waals surface area contributed by atoms with Crippen molar-refractivity contribution < 1.29 is 0 Å². The first-order chi connectivity index (χ1) is 8.92. The van der Waals surface area contributed by atoms with Crippen LogP contribution in [0.1, 0.15) is 4.88 Å². The van der Waals surface area contributed by atoms with Gasteiger partial charge >= 0.3 is 0 Å². The monoisotopic (exact) mass is 292 g/mol. The average molecular weight is 292 g/mol. The van der Waals surface area contributed by atoms with Crippen molar-refractivity contribution in [1.82, 2.24) is 9.71 Å². The minimum atomic E-state index is 0.973. The summed E-state index contributed by atoms with van der Waals surface area (Å²) < 4.78 is 5.71. The molecule has 0 spiro atoms. The highest BCUT2D eigenvalue weighted by Crippen LogP contribution is 2.27. The summed E-state index contributed by atoms with van der Waals surface area (Å²) in [4.78, 5) is 5.99. The van der Waals surface area contributed by atoms with Crippen molar-refractivity contribution in [1.29, 1.82) is 0 Å². The van der Waals surface area contributed by atoms with Gasteiger partial charge < -0.3 is 0 Å². The minimum Gasteiger partial charge on any atom is -0.258 e. The van der Waals surface area contributed by atoms with Crippen LogP contribution >= 0.6 is 34.6 Å². The Morgan fingerprint density at radius 1 is 1.17 bits per heavy atom. The molecule has 0 aliphatic rings. The maximum atomic E-state index is 4.57. The van der Waals surface area contributed by atoms with E-state index in [9.17, 15) is 0 Å². The SMILES string of the molecule is c1csc(CCNSc2nc3ccccc3s2)c1. The number of thiazole rings is 1. The largest absolute Gasteiger partial charge is 0.258 e. The molecular formula is C13H12N2S3. The number of thiophene rings is 1. The summed E-state index contributed by atoms with van der Waals surface area (Å²) in [6, 6.07) is 12.5. The van der Waals surface area contributed by atoms with Crippen molar-refractivity contribution in [3.63, 3.8) is 0 Å². The van der Waals surface area contributed by atoms with Crippen LogP contribution in [0.2, 0.25) is 0 Å². The normalized spacial score (nSPS) is 11.1. The number of aromatic nitrogens is 1. The second-order valence-corrected chi connectivity index (χ2v) is 6.97. The fourth-order valence-corrected chi connectivity index (χ4v) is 4.13. The van der Waals surface area contributed by atoms with Gasteiger partial charge in [-0.1, -0.05) is 18.2 Å². The Balaban J connectivity index is 1.53. The molecule has 0 amide bonds. The number of para-hydroxylation sites is 1. The lowest BCUT2D eigenvalue weighted by Gasteiger charge is -1.99. The van der Waals surface area contributed by atoms with Gasteiger partial charge in [-0.3, -0.25) is 4.72 Å². The van der Waals surface area contributed by atoms with Crippen molar-refractivity contribution >= 4 is 44.8 Å². The van der Waals surface area contributed by atoms with E-state index in [0.29, 0.717) is 0 Å². The Kier molecular flexibility index (Phi) is 3.95. The van der Waals surface area contributed by atoms with Crippen molar-refractivity contribution in [2.75, 3.05) is 6.54 Å². The van der Waals surface area contributed by atoms with E-state index >= 15 is 0 Å². The zero-order valence-electron chi connectivity index (χ0n) is 9.63. The molecule has 0 unspecified atom stereocenters. The third kappa shape index (κ3) is 2.92. The third-order valence-corrected chi connectivity index (χ3v) is 5.37. The molecule has 0 aliphatic carbocycles. The predicted molar refractivity (Wildman–Crippen MR) is 81.5 cm³/mol. The number of hydrogen-bond donors (Lipinski definition) is 1. The van der Waals surface area contributed by atoms with E-state index in [0.717, 1.165) is 22.8 Å². The molecule has 0 radical (unpaired) electrons. The van der Waals surface area contributed by atoms with Gasteiger partial charge in [0.05, 0.1) is 10.2 Å². The van der Waals surface area contributed by atoms with Gasteiger partial charge in [0.25, 0.3) is 0 Å². The molecule has 0 saturated carbocycles. The second-order valence-electron chi connectivity index (χ2n) is 3.77. The maximum Gasteiger partial charge on any atom is 0.166 e. The number of hydrogen-bond acceptors (Lipinski definition) is 5. The van der Waals surface area contributed by atoms with Gasteiger partial charge in [-0.25, -0.2) is 4.98 Å². The predicted octanol–water partition coefficient (Wildman–Crippen LogP) is 4.20. The molecular weight excluding hydrogens is 280 g/mol. The summed E-state index contributed by atoms with van der Waals surface area (Å²) in [7, 11) is 0. The number of fused-ring (bicyclic) bond motifs is 1. The zero-order chi connectivity index (χ0) is 12.2. The molecule has 2 heterocycles. The summed E-state index contributed by atoms with van der Waals surface area (Å²) in [5.41, 5.74) is 1.09. The Hall–Kier alpha value is -0.880. The first kappa shape index (κ1) is 12.2. The van der Waals surface area contributed by atoms with Crippen LogP contribution in [0.5, 0.6) is 0 Å². The maximum absolute atomic E-state index is 4.57. The van der Waals surface area contributed by atoms with Crippen molar-refractivity contribution in [2.24, 2.45) is 0 Å². The molecule has 2 nitrogen and oxygen atoms in total. The first-order valence-electron chi connectivity index (χ1n) is 5.69. The molecule has 2 aromatic heterocycles. The van der Waals surface area contributed by atoms with E-state index in [1.54, 1.807) is 23.3 Å². The Labute approximate surface area is 118 Å². The number of rotatable bonds is 5. The first-order valence-corrected chi connectivity index (χ1v) is 8.21. The molecule has 3 rings (SSSR count). The number of benzene rings is 1. The molecule has 0 atom stereocenters. The van der Waals surface area contributed by atoms with Crippen LogP contribution in [0.3, 0.4) is 0 Å². The lowest BCUT2D eigenvalue weighted by Crippen LogP contribution is -2.07. The van der Waals surface area contributed by atoms with E-state index in [4.69, 9.17) is 0 Å². The van der Waals surface area contributed by atoms with E-state index in [-0.39, 0.29) is 0 Å². The molecule has 0 aliphatic heterocycles. The van der Waals surface area contributed by atoms with Gasteiger partial charge in [0.1, 0.15) is 0 Å². The van der Waals surface area contributed by atoms with Gasteiger partial charge in [0.2, 0.25) is 0 Å². The standard InChI is InChI=1S/C13H12N2S3/c1-2-6-12-11(5-1)15-13(17-12)18-14-8-7-10-4-3-9-16-10/h1-6,9,14H,7-8H2. The van der Waals surface area contributed by atoms with Crippen LogP contribution < -0.4 is 4.72 Å². The average Bonchev–Trinajstić information content (AvgIpc) is 3.03. The summed E-state index contributed by atoms with van der Waals surface area (Å²) in [5, 5.41) is 2.12. The van der Waals surface area contributed by atoms with E-state index in [1.807, 2.05) is 17.4 Å². The lowest BCUT2D eigenvalue weighted by atomic mass is 10.3. The Bertz CT molecular complexity index is 583. The van der Waals surface area contributed by atoms with Gasteiger partial charge in [0, 0.05) is 11.4 Å². The number of nitrogens with one attached hydrogen (secondary N) is 1. The fourth-order valence-electron chi connectivity index (χ4n) is 1.64. The topological polar surface area (TPSA) is 24.9 Å². The van der Waals surface area contributed by atoms with Gasteiger partial charge in [-0.15, -0.1) is 22.7 Å². The zero-order valence-corrected chi connectivity index (χ0v) is 12.1. The summed E-state index contributed by atoms with van der Waals surface area (Å²) in [6.07, 6.45) is 1.08. The van der Waals surface area contributed by atoms with Crippen molar-refractivity contribution in [3.05, 3.63) is 46.7 Å². The van der Waals surface area contributed by atoms with Crippen LogP contribution in [0.15, 0.2) is 46.1 Å². The van der Waals surface area contributed by atoms with Crippen molar-refractivity contribution in [3.8, 4) is 0 Å². The smallest absolute Gasteiger partial charge is 0.166 e. The van der Waals surface area contributed by atoms with E-state index < -0.39 is 0 Å². The molecule has 1 aromatic carbocycles. The van der Waals surface area contributed by atoms with Crippen molar-refractivity contribution in [2.45, 2.75) is 10.8 Å². The van der Waals surface area contributed by atoms with Gasteiger partial charge in [-0.2, -0.15) is 0 Å². The highest BCUT2D eigenvalue weighted by atomic mass is 32.2. The molecule has 0 bridgehead atoms. The minimum absolute atomic E-state index is 0.973. The summed E-state index contributed by atoms with van der Waals surface area (Å²) >= 11 is 5.18. The van der Waals surface area contributed by atoms with Crippen LogP contribution in [0.25, 0.3) is 10.2 Å². The van der Waals surface area contributed by atoms with Crippen LogP contribution in [-0.4, -0.2) is 11.5 Å². The summed E-state index contributed by atoms with van der Waals surface area (Å²) in [6.45, 7) is 0.973. The van der Waals surface area contributed by atoms with Crippen LogP contribution in [-0.2, 0) is 6.42 Å². The second kappa shape index (κ2) is 5.84. The Morgan fingerprint density at radius 2 is 2.11 bits per heavy atom. The highest BCUT2D eigenvalue weighted by Gasteiger charge is 2.03. The van der Waals surface area contributed by atoms with Gasteiger partial charge in [0.15, 0.2) is 4.34 Å². The molecule has 92 valence electrons. The quantitative estimate of drug-likeness (QED) is 0.563. The van der Waals surface area contributed by atoms with Crippen LogP contribution in [0, 0.1) is 0 Å². The highest BCUT2D eigenvalue weighted by molar-refractivity contribution is 7.99. The molecule has 18 heavy (non-hydrogen) atoms. The van der Waals surface area contributed by atoms with E-state index in [1.165, 1.54) is 9.58 Å². The Morgan fingerprint density at radius 3 is 2.94 bits per heavy atom. The molecule has 1 N–H and O–H groups in total. The third-order valence-electron chi connectivity index (χ3n) is 2.49. The van der Waals surface area contributed by atoms with Crippen LogP contribution in [0.4, 0.5) is 0 Å². The summed E-state index contributed by atoms with van der Waals surface area (Å²) in [5.74, 6) is 0. The van der Waals surface area contributed by atoms with E-state index in [2.05, 4.69) is 45.4 Å². The molecule has 0 fully saturated rings.